The second-order valence-electron chi connectivity index (χ2n) is 11.1. The van der Waals surface area contributed by atoms with Crippen LogP contribution in [0.1, 0.15) is 78.7 Å². The molecule has 2 aromatic rings. The third-order valence-corrected chi connectivity index (χ3v) is 9.04. The molecule has 0 saturated carbocycles. The van der Waals surface area contributed by atoms with Crippen molar-refractivity contribution in [1.29, 1.82) is 10.7 Å². The quantitative estimate of drug-likeness (QED) is 0.273. The number of nitro benzene ring substituents is 1. The molecule has 1 aliphatic heterocycles. The molecule has 0 amide bonds. The first-order valence-corrected chi connectivity index (χ1v) is 14.0. The number of hydrogen-bond acceptors (Lipinski definition) is 8. The van der Waals surface area contributed by atoms with Gasteiger partial charge in [-0.25, -0.2) is 4.79 Å². The van der Waals surface area contributed by atoms with E-state index in [0.29, 0.717) is 33.8 Å². The summed E-state index contributed by atoms with van der Waals surface area (Å²) in [4.78, 5) is 40.9. The number of Topliss-reactive ketones (excluding diaryl/α,β-unsaturated/α-hetero) is 1. The molecule has 39 heavy (non-hydrogen) atoms. The number of nitro groups is 1. The molecule has 10 heteroatoms. The zero-order valence-electron chi connectivity index (χ0n) is 22.2. The number of nitriles is 1. The van der Waals surface area contributed by atoms with Gasteiger partial charge < -0.3 is 4.74 Å². The summed E-state index contributed by atoms with van der Waals surface area (Å²) in [6, 6.07) is 8.21. The van der Waals surface area contributed by atoms with Crippen molar-refractivity contribution in [2.45, 2.75) is 65.2 Å². The number of non-ortho nitro benzene ring substituents is 1. The van der Waals surface area contributed by atoms with Gasteiger partial charge >= 0.3 is 5.97 Å². The number of nitrogens with zero attached hydrogens (tertiary/aromatic N) is 3. The number of rotatable bonds is 5. The van der Waals surface area contributed by atoms with E-state index in [4.69, 9.17) is 4.74 Å². The van der Waals surface area contributed by atoms with Crippen LogP contribution in [0.25, 0.3) is 0 Å². The second kappa shape index (κ2) is 10.0. The monoisotopic (exact) mass is 546 g/mol. The molecule has 0 spiro atoms. The van der Waals surface area contributed by atoms with Crippen molar-refractivity contribution in [2.24, 2.45) is 11.3 Å². The maximum atomic E-state index is 13.8. The molecule has 202 valence electrons. The lowest BCUT2D eigenvalue weighted by Gasteiger charge is -2.45. The lowest BCUT2D eigenvalue weighted by Crippen LogP contribution is -2.48. The van der Waals surface area contributed by atoms with Crippen molar-refractivity contribution in [3.8, 4) is 6.07 Å². The maximum Gasteiger partial charge on any atom is 0.341 e. The Balaban J connectivity index is 1.78. The van der Waals surface area contributed by atoms with Crippen LogP contribution < -0.4 is 4.90 Å². The number of allylic oxidation sites excluding steroid dienone is 2. The summed E-state index contributed by atoms with van der Waals surface area (Å²) in [6.07, 6.45) is 4.20. The predicted octanol–water partition coefficient (Wildman–Crippen LogP) is 6.08. The van der Waals surface area contributed by atoms with Crippen molar-refractivity contribution in [3.63, 3.8) is 0 Å². The largest absolute Gasteiger partial charge is 0.462 e. The van der Waals surface area contributed by atoms with E-state index in [-0.39, 0.29) is 30.3 Å². The van der Waals surface area contributed by atoms with E-state index in [1.54, 1.807) is 24.0 Å². The van der Waals surface area contributed by atoms with Gasteiger partial charge in [-0.15, -0.1) is 11.3 Å². The summed E-state index contributed by atoms with van der Waals surface area (Å²) in [5.74, 6) is -2.54. The van der Waals surface area contributed by atoms with E-state index in [1.165, 1.54) is 23.5 Å². The molecule has 1 aromatic carbocycles. The first kappa shape index (κ1) is 26.8. The lowest BCUT2D eigenvalue weighted by molar-refractivity contribution is -0.384. The van der Waals surface area contributed by atoms with E-state index in [9.17, 15) is 30.4 Å². The smallest absolute Gasteiger partial charge is 0.341 e. The molecule has 0 bridgehead atoms. The number of ketones is 1. The van der Waals surface area contributed by atoms with Crippen LogP contribution in [0.15, 0.2) is 35.5 Å². The lowest BCUT2D eigenvalue weighted by atomic mass is 9.66. The Morgan fingerprint density at radius 3 is 2.74 bits per heavy atom. The number of amidine groups is 1. The number of carbonyl (C=O) groups excluding carboxylic acids is 2. The van der Waals surface area contributed by atoms with Gasteiger partial charge in [0, 0.05) is 40.6 Å². The van der Waals surface area contributed by atoms with Crippen LogP contribution in [0, 0.1) is 38.2 Å². The molecule has 2 atom stereocenters. The molecule has 2 heterocycles. The third kappa shape index (κ3) is 4.55. The van der Waals surface area contributed by atoms with E-state index in [0.717, 1.165) is 36.1 Å². The van der Waals surface area contributed by atoms with Crippen molar-refractivity contribution in [1.82, 2.24) is 0 Å². The van der Waals surface area contributed by atoms with Gasteiger partial charge in [-0.2, -0.15) is 5.26 Å². The van der Waals surface area contributed by atoms with Crippen LogP contribution in [0.2, 0.25) is 0 Å². The fourth-order valence-electron chi connectivity index (χ4n) is 6.14. The number of thiophene rings is 1. The van der Waals surface area contributed by atoms with Gasteiger partial charge in [-0.05, 0) is 55.6 Å². The number of esters is 1. The molecule has 1 aromatic heterocycles. The number of anilines is 1. The maximum absolute atomic E-state index is 13.8. The third-order valence-electron chi connectivity index (χ3n) is 7.76. The van der Waals surface area contributed by atoms with Gasteiger partial charge in [0.25, 0.3) is 5.69 Å². The fraction of sp³-hybridized carbons (Fsp3) is 0.448. The van der Waals surface area contributed by atoms with Gasteiger partial charge in [0.15, 0.2) is 5.78 Å². The molecule has 5 rings (SSSR count). The Labute approximate surface area is 230 Å². The Kier molecular flexibility index (Phi) is 6.89. The van der Waals surface area contributed by atoms with E-state index in [2.05, 4.69) is 6.07 Å². The summed E-state index contributed by atoms with van der Waals surface area (Å²) in [6.45, 7) is 5.93. The van der Waals surface area contributed by atoms with Crippen molar-refractivity contribution in [2.75, 3.05) is 11.5 Å². The molecular formula is C29H30N4O5S. The SMILES string of the molecule is CCOC(=O)c1c(N2C(=N)C(C#N)C(c3cccc([N+](=O)[O-])c3)C3=C2CC(C)(C)CC3=O)sc2c1CCCC2. The summed E-state index contributed by atoms with van der Waals surface area (Å²) >= 11 is 1.44. The van der Waals surface area contributed by atoms with E-state index >= 15 is 0 Å². The zero-order valence-corrected chi connectivity index (χ0v) is 23.0. The minimum atomic E-state index is -1.08. The number of fused-ring (bicyclic) bond motifs is 1. The van der Waals surface area contributed by atoms with Crippen LogP contribution >= 0.6 is 11.3 Å². The number of carbonyl (C=O) groups is 2. The Bertz CT molecular complexity index is 1480. The molecule has 9 nitrogen and oxygen atoms in total. The highest BCUT2D eigenvalue weighted by Gasteiger charge is 2.49. The molecule has 2 unspecified atom stereocenters. The van der Waals surface area contributed by atoms with Crippen LogP contribution in [-0.4, -0.2) is 29.1 Å². The molecule has 3 aliphatic rings. The summed E-state index contributed by atoms with van der Waals surface area (Å²) in [7, 11) is 0. The van der Waals surface area contributed by atoms with Gasteiger partial charge in [0.1, 0.15) is 16.8 Å². The van der Waals surface area contributed by atoms with Gasteiger partial charge in [-0.3, -0.25) is 25.2 Å². The average Bonchev–Trinajstić information content (AvgIpc) is 3.26. The average molecular weight is 547 g/mol. The summed E-state index contributed by atoms with van der Waals surface area (Å²) in [5.41, 5.74) is 2.25. The number of hydrogen-bond donors (Lipinski definition) is 1. The topological polar surface area (TPSA) is 137 Å². The van der Waals surface area contributed by atoms with Gasteiger partial charge in [-0.1, -0.05) is 26.0 Å². The first-order chi connectivity index (χ1) is 18.6. The highest BCUT2D eigenvalue weighted by molar-refractivity contribution is 7.17. The van der Waals surface area contributed by atoms with Crippen molar-refractivity contribution < 1.29 is 19.2 Å². The van der Waals surface area contributed by atoms with Crippen LogP contribution in [0.4, 0.5) is 10.7 Å². The molecular weight excluding hydrogens is 516 g/mol. The number of aryl methyl sites for hydroxylation is 1. The zero-order chi connectivity index (χ0) is 28.1. The van der Waals surface area contributed by atoms with Crippen molar-refractivity contribution >= 4 is 39.6 Å². The second-order valence-corrected chi connectivity index (χ2v) is 12.2. The summed E-state index contributed by atoms with van der Waals surface area (Å²) < 4.78 is 5.46. The molecule has 2 aliphatic carbocycles. The van der Waals surface area contributed by atoms with Gasteiger partial charge in [0.2, 0.25) is 0 Å². The van der Waals surface area contributed by atoms with Crippen LogP contribution in [0.3, 0.4) is 0 Å². The Morgan fingerprint density at radius 2 is 2.05 bits per heavy atom. The van der Waals surface area contributed by atoms with E-state index in [1.807, 2.05) is 13.8 Å². The minimum absolute atomic E-state index is 0.0394. The number of ether oxygens (including phenoxy) is 1. The molecule has 0 radical (unpaired) electrons. The standard InChI is InChI=1S/C29H30N4O5S/c1-4-38-28(35)24-18-10-5-6-11-22(18)39-27(24)32-20-13-29(2,3)14-21(34)25(20)23(19(15-30)26(32)31)16-8-7-9-17(12-16)33(36)37/h7-9,12,19,23,31H,4-6,10-11,13-14H2,1-3H3. The Hall–Kier alpha value is -3.84. The van der Waals surface area contributed by atoms with Crippen LogP contribution in [-0.2, 0) is 22.4 Å². The van der Waals surface area contributed by atoms with Crippen LogP contribution in [0.5, 0.6) is 0 Å². The van der Waals surface area contributed by atoms with Crippen molar-refractivity contribution in [3.05, 3.63) is 67.2 Å². The molecule has 0 saturated heterocycles. The summed E-state index contributed by atoms with van der Waals surface area (Å²) in [5, 5.41) is 31.7. The predicted molar refractivity (Wildman–Crippen MR) is 147 cm³/mol. The highest BCUT2D eigenvalue weighted by atomic mass is 32.1. The highest BCUT2D eigenvalue weighted by Crippen LogP contribution is 2.53. The number of nitrogens with one attached hydrogen (secondary N) is 1. The van der Waals surface area contributed by atoms with E-state index < -0.39 is 28.1 Å². The Morgan fingerprint density at radius 1 is 1.31 bits per heavy atom. The minimum Gasteiger partial charge on any atom is -0.462 e. The van der Waals surface area contributed by atoms with Gasteiger partial charge in [0.05, 0.1) is 23.2 Å². The molecule has 0 fully saturated rings. The normalized spacial score (nSPS) is 22.2. The number of benzene rings is 1. The molecule has 1 N–H and O–H groups in total. The fourth-order valence-corrected chi connectivity index (χ4v) is 7.56. The first-order valence-electron chi connectivity index (χ1n) is 13.2.